The third-order valence-electron chi connectivity index (χ3n) is 12.8. The number of ether oxygens (including phenoxy) is 1. The van der Waals surface area contributed by atoms with E-state index in [2.05, 4.69) is 62.9 Å². The van der Waals surface area contributed by atoms with E-state index in [9.17, 15) is 4.79 Å². The minimum absolute atomic E-state index is 0.0379. The molecule has 40 heavy (non-hydrogen) atoms. The fraction of sp³-hybridized carbons (Fsp3) is 0.914. The summed E-state index contributed by atoms with van der Waals surface area (Å²) in [5.74, 6) is 5.20. The highest BCUT2D eigenvalue weighted by Crippen LogP contribution is 2.67. The lowest BCUT2D eigenvalue weighted by atomic mass is 9.47. The summed E-state index contributed by atoms with van der Waals surface area (Å²) in [7, 11) is 2.18. The Bertz CT molecular complexity index is 895. The summed E-state index contributed by atoms with van der Waals surface area (Å²) in [4.78, 5) is 17.4. The van der Waals surface area contributed by atoms with Crippen LogP contribution in [-0.2, 0) is 4.74 Å². The molecule has 228 valence electrons. The van der Waals surface area contributed by atoms with Crippen molar-refractivity contribution < 1.29 is 9.53 Å². The highest BCUT2D eigenvalue weighted by atomic mass is 16.6. The van der Waals surface area contributed by atoms with Crippen LogP contribution in [0.25, 0.3) is 0 Å². The van der Waals surface area contributed by atoms with E-state index < -0.39 is 0 Å². The molecular weight excluding hydrogens is 494 g/mol. The molecule has 5 rings (SSSR count). The molecule has 1 N–H and O–H groups in total. The van der Waals surface area contributed by atoms with Crippen molar-refractivity contribution in [2.75, 3.05) is 46.3 Å². The molecular formula is C35H61N3O2. The van der Waals surface area contributed by atoms with Crippen LogP contribution in [0.1, 0.15) is 105 Å². The standard InChI is InChI=1S/C35H61N3O2/c1-25(2)8-7-9-26(3)30-12-13-31-29-11-10-27-24-28(14-16-34(27,4)32(29)15-17-35(30,31)5)40-33(39)36-18-19-38-22-20-37(6)21-23-38/h10,25-26,28-32H,7-9,11-24H2,1-6H3,(H,36,39)/t26-,28+,29?,30-,31+,32+,34+,35?/m1/s1. The molecule has 4 aliphatic carbocycles. The Labute approximate surface area is 246 Å². The number of nitrogens with zero attached hydrogens (tertiary/aromatic N) is 2. The van der Waals surface area contributed by atoms with Gasteiger partial charge in [0.2, 0.25) is 0 Å². The van der Waals surface area contributed by atoms with Crippen LogP contribution in [0.2, 0.25) is 0 Å². The number of nitrogens with one attached hydrogen (secondary N) is 1. The molecule has 0 radical (unpaired) electrons. The van der Waals surface area contributed by atoms with Gasteiger partial charge in [-0.15, -0.1) is 0 Å². The summed E-state index contributed by atoms with van der Waals surface area (Å²) >= 11 is 0. The van der Waals surface area contributed by atoms with Gasteiger partial charge >= 0.3 is 6.09 Å². The number of alkyl carbamates (subject to hydrolysis) is 1. The molecule has 8 atom stereocenters. The molecule has 0 aromatic carbocycles. The van der Waals surface area contributed by atoms with Crippen LogP contribution in [0.4, 0.5) is 4.79 Å². The van der Waals surface area contributed by atoms with Crippen molar-refractivity contribution in [1.29, 1.82) is 0 Å². The Morgan fingerprint density at radius 1 is 1.02 bits per heavy atom. The van der Waals surface area contributed by atoms with Crippen molar-refractivity contribution in [3.8, 4) is 0 Å². The Morgan fingerprint density at radius 2 is 1.80 bits per heavy atom. The van der Waals surface area contributed by atoms with E-state index in [-0.39, 0.29) is 12.2 Å². The molecule has 3 saturated carbocycles. The topological polar surface area (TPSA) is 44.8 Å². The van der Waals surface area contributed by atoms with Gasteiger partial charge in [0.05, 0.1) is 0 Å². The number of fused-ring (bicyclic) bond motifs is 5. The first-order valence-electron chi connectivity index (χ1n) is 17.1. The molecule has 5 nitrogen and oxygen atoms in total. The summed E-state index contributed by atoms with van der Waals surface area (Å²) in [5, 5.41) is 3.04. The monoisotopic (exact) mass is 555 g/mol. The van der Waals surface area contributed by atoms with Crippen LogP contribution in [0, 0.1) is 46.3 Å². The van der Waals surface area contributed by atoms with Crippen molar-refractivity contribution in [2.45, 2.75) is 111 Å². The first kappa shape index (κ1) is 30.4. The Hall–Kier alpha value is -1.07. The molecule has 1 amide bonds. The SMILES string of the molecule is CC(C)CCC[C@@H](C)[C@H]1CC[C@H]2C3CC=C4C[C@@H](OC(=O)NCCN5CCN(C)CC5)CC[C@]4(C)[C@H]3CCC12C. The maximum absolute atomic E-state index is 12.6. The van der Waals surface area contributed by atoms with Gasteiger partial charge < -0.3 is 15.0 Å². The highest BCUT2D eigenvalue weighted by molar-refractivity contribution is 5.67. The van der Waals surface area contributed by atoms with Crippen molar-refractivity contribution in [1.82, 2.24) is 15.1 Å². The molecule has 2 unspecified atom stereocenters. The minimum atomic E-state index is -0.218. The predicted octanol–water partition coefficient (Wildman–Crippen LogP) is 7.37. The fourth-order valence-electron chi connectivity index (χ4n) is 10.3. The molecule has 1 saturated heterocycles. The largest absolute Gasteiger partial charge is 0.446 e. The van der Waals surface area contributed by atoms with E-state index in [1.807, 2.05) is 0 Å². The van der Waals surface area contributed by atoms with E-state index in [0.717, 1.165) is 81.1 Å². The highest BCUT2D eigenvalue weighted by Gasteiger charge is 2.59. The quantitative estimate of drug-likeness (QED) is 0.302. The number of carbonyl (C=O) groups excluding carboxylic acids is 1. The van der Waals surface area contributed by atoms with E-state index in [4.69, 9.17) is 4.74 Å². The van der Waals surface area contributed by atoms with Gasteiger partial charge in [-0.3, -0.25) is 4.90 Å². The maximum atomic E-state index is 12.6. The Balaban J connectivity index is 1.13. The van der Waals surface area contributed by atoms with Crippen LogP contribution in [-0.4, -0.2) is 68.3 Å². The Morgan fingerprint density at radius 3 is 2.55 bits per heavy atom. The van der Waals surface area contributed by atoms with Crippen LogP contribution in [0.3, 0.4) is 0 Å². The molecule has 0 bridgehead atoms. The smallest absolute Gasteiger partial charge is 0.407 e. The number of allylic oxidation sites excluding steroid dienone is 1. The number of hydrogen-bond donors (Lipinski definition) is 1. The fourth-order valence-corrected chi connectivity index (χ4v) is 10.3. The molecule has 5 aliphatic rings. The second kappa shape index (κ2) is 12.7. The van der Waals surface area contributed by atoms with Crippen LogP contribution >= 0.6 is 0 Å². The molecule has 1 heterocycles. The second-order valence-corrected chi connectivity index (χ2v) is 15.6. The average Bonchev–Trinajstić information content (AvgIpc) is 3.27. The molecule has 0 aromatic heterocycles. The summed E-state index contributed by atoms with van der Waals surface area (Å²) in [6.07, 6.45) is 16.8. The second-order valence-electron chi connectivity index (χ2n) is 15.6. The number of piperazine rings is 1. The van der Waals surface area contributed by atoms with Gasteiger partial charge in [-0.25, -0.2) is 4.79 Å². The van der Waals surface area contributed by atoms with Gasteiger partial charge in [-0.2, -0.15) is 0 Å². The normalized spacial score (nSPS) is 39.2. The lowest BCUT2D eigenvalue weighted by Gasteiger charge is -2.58. The number of amides is 1. The van der Waals surface area contributed by atoms with E-state index in [1.54, 1.807) is 5.57 Å². The summed E-state index contributed by atoms with van der Waals surface area (Å²) in [6.45, 7) is 18.6. The maximum Gasteiger partial charge on any atom is 0.407 e. The Kier molecular flexibility index (Phi) is 9.62. The molecule has 4 fully saturated rings. The zero-order valence-corrected chi connectivity index (χ0v) is 26.9. The van der Waals surface area contributed by atoms with E-state index in [0.29, 0.717) is 17.4 Å². The number of rotatable bonds is 9. The van der Waals surface area contributed by atoms with Gasteiger partial charge in [-0.1, -0.05) is 65.5 Å². The molecule has 0 aromatic rings. The van der Waals surface area contributed by atoms with Crippen molar-refractivity contribution in [2.24, 2.45) is 46.3 Å². The average molecular weight is 556 g/mol. The summed E-state index contributed by atoms with van der Waals surface area (Å²) in [5.41, 5.74) is 2.46. The zero-order chi connectivity index (χ0) is 28.5. The zero-order valence-electron chi connectivity index (χ0n) is 26.9. The van der Waals surface area contributed by atoms with Gasteiger partial charge in [0.1, 0.15) is 6.10 Å². The minimum Gasteiger partial charge on any atom is -0.446 e. The van der Waals surface area contributed by atoms with Crippen molar-refractivity contribution in [3.63, 3.8) is 0 Å². The van der Waals surface area contributed by atoms with Gasteiger partial charge in [0.15, 0.2) is 0 Å². The first-order chi connectivity index (χ1) is 19.1. The van der Waals surface area contributed by atoms with E-state index >= 15 is 0 Å². The first-order valence-corrected chi connectivity index (χ1v) is 17.1. The lowest BCUT2D eigenvalue weighted by Crippen LogP contribution is -2.51. The van der Waals surface area contributed by atoms with E-state index in [1.165, 1.54) is 57.8 Å². The molecule has 1 aliphatic heterocycles. The molecule has 0 spiro atoms. The summed E-state index contributed by atoms with van der Waals surface area (Å²) < 4.78 is 5.98. The third-order valence-corrected chi connectivity index (χ3v) is 12.8. The number of carbonyl (C=O) groups is 1. The van der Waals surface area contributed by atoms with Crippen molar-refractivity contribution >= 4 is 6.09 Å². The third kappa shape index (κ3) is 6.31. The van der Waals surface area contributed by atoms with Gasteiger partial charge in [0, 0.05) is 45.7 Å². The van der Waals surface area contributed by atoms with Crippen LogP contribution < -0.4 is 5.32 Å². The number of likely N-dealkylation sites (N-methyl/N-ethyl adjacent to an activating group) is 1. The number of hydrogen-bond acceptors (Lipinski definition) is 4. The summed E-state index contributed by atoms with van der Waals surface area (Å²) in [6, 6.07) is 0. The van der Waals surface area contributed by atoms with Crippen LogP contribution in [0.5, 0.6) is 0 Å². The van der Waals surface area contributed by atoms with Crippen LogP contribution in [0.15, 0.2) is 11.6 Å². The van der Waals surface area contributed by atoms with Gasteiger partial charge in [0.25, 0.3) is 0 Å². The van der Waals surface area contributed by atoms with Gasteiger partial charge in [-0.05, 0) is 98.3 Å². The predicted molar refractivity (Wildman–Crippen MR) is 165 cm³/mol. The van der Waals surface area contributed by atoms with Crippen molar-refractivity contribution in [3.05, 3.63) is 11.6 Å². The molecule has 5 heteroatoms. The lowest BCUT2D eigenvalue weighted by molar-refractivity contribution is -0.0581.